The van der Waals surface area contributed by atoms with Crippen molar-refractivity contribution < 1.29 is 14.9 Å². The van der Waals surface area contributed by atoms with E-state index in [1.165, 1.54) is 15.4 Å². The molecule has 3 heterocycles. The first kappa shape index (κ1) is 15.6. The highest BCUT2D eigenvalue weighted by Gasteiger charge is 2.38. The molecule has 0 aromatic carbocycles. The number of nitrogens with zero attached hydrogens (tertiary/aromatic N) is 4. The van der Waals surface area contributed by atoms with E-state index in [2.05, 4.69) is 15.3 Å². The van der Waals surface area contributed by atoms with Gasteiger partial charge >= 0.3 is 5.69 Å². The number of H-pyrrole nitrogens is 1. The number of aromatic nitrogens is 5. The molecule has 0 bridgehead atoms. The number of nitrogens with one attached hydrogen (secondary N) is 1. The summed E-state index contributed by atoms with van der Waals surface area (Å²) in [5, 5.41) is 26.3. The lowest BCUT2D eigenvalue weighted by molar-refractivity contribution is -0.0323. The second-order valence-corrected chi connectivity index (χ2v) is 5.44. The van der Waals surface area contributed by atoms with Crippen molar-refractivity contribution in [3.05, 3.63) is 44.5 Å². The van der Waals surface area contributed by atoms with Crippen LogP contribution in [0.3, 0.4) is 0 Å². The van der Waals surface area contributed by atoms with Crippen molar-refractivity contribution in [2.45, 2.75) is 38.3 Å². The van der Waals surface area contributed by atoms with Gasteiger partial charge in [0, 0.05) is 18.2 Å². The Hall–Kier alpha value is -2.30. The summed E-state index contributed by atoms with van der Waals surface area (Å²) < 4.78 is 8.53. The molecular formula is C13H17N5O5. The van der Waals surface area contributed by atoms with Crippen molar-refractivity contribution >= 4 is 0 Å². The average molecular weight is 323 g/mol. The van der Waals surface area contributed by atoms with Crippen LogP contribution in [0.15, 0.2) is 22.0 Å². The molecular weight excluding hydrogens is 306 g/mol. The molecule has 0 aliphatic carbocycles. The SMILES string of the molecule is Cc1cn([C@H]2C[C@H](n3cc(CO)nn3)[C@@H](CO)O2)c(=O)[nH]c1=O. The molecule has 124 valence electrons. The van der Waals surface area contributed by atoms with Crippen LogP contribution in [0, 0.1) is 6.92 Å². The molecule has 0 radical (unpaired) electrons. The van der Waals surface area contributed by atoms with E-state index in [0.717, 1.165) is 0 Å². The standard InChI is InChI=1S/C13H17N5O5/c1-7-3-17(13(22)14-12(7)21)11-2-9(10(6-20)23-11)18-4-8(5-19)15-16-18/h3-4,9-11,19-20H,2,5-6H2,1H3,(H,14,21,22)/t9-,10+,11+/m0/s1. The van der Waals surface area contributed by atoms with Crippen LogP contribution in [0.25, 0.3) is 0 Å². The number of hydrogen-bond donors (Lipinski definition) is 3. The first-order valence-electron chi connectivity index (χ1n) is 7.13. The van der Waals surface area contributed by atoms with Crippen LogP contribution in [-0.2, 0) is 11.3 Å². The molecule has 0 unspecified atom stereocenters. The summed E-state index contributed by atoms with van der Waals surface area (Å²) in [7, 11) is 0. The van der Waals surface area contributed by atoms with Gasteiger partial charge in [0.05, 0.1) is 25.5 Å². The van der Waals surface area contributed by atoms with Gasteiger partial charge in [-0.3, -0.25) is 14.3 Å². The number of aromatic amines is 1. The highest BCUT2D eigenvalue weighted by molar-refractivity contribution is 5.02. The monoisotopic (exact) mass is 323 g/mol. The minimum Gasteiger partial charge on any atom is -0.394 e. The van der Waals surface area contributed by atoms with Crippen LogP contribution >= 0.6 is 0 Å². The quantitative estimate of drug-likeness (QED) is 0.620. The molecule has 2 aromatic rings. The first-order chi connectivity index (χ1) is 11.0. The van der Waals surface area contributed by atoms with Crippen molar-refractivity contribution in [2.75, 3.05) is 6.61 Å². The Morgan fingerprint density at radius 1 is 1.39 bits per heavy atom. The van der Waals surface area contributed by atoms with Gasteiger partial charge in [0.25, 0.3) is 5.56 Å². The predicted octanol–water partition coefficient (Wildman–Crippen LogP) is -1.55. The van der Waals surface area contributed by atoms with Gasteiger partial charge in [-0.1, -0.05) is 5.21 Å². The van der Waals surface area contributed by atoms with Gasteiger partial charge in [-0.05, 0) is 6.92 Å². The number of aliphatic hydroxyl groups is 2. The number of ether oxygens (including phenoxy) is 1. The lowest BCUT2D eigenvalue weighted by atomic mass is 10.1. The van der Waals surface area contributed by atoms with Gasteiger partial charge < -0.3 is 14.9 Å². The van der Waals surface area contributed by atoms with Crippen LogP contribution in [0.2, 0.25) is 0 Å². The van der Waals surface area contributed by atoms with Crippen LogP contribution in [0.1, 0.15) is 29.9 Å². The summed E-state index contributed by atoms with van der Waals surface area (Å²) in [5.41, 5.74) is -0.219. The fourth-order valence-corrected chi connectivity index (χ4v) is 2.68. The zero-order valence-electron chi connectivity index (χ0n) is 12.4. The molecule has 1 aliphatic rings. The Labute approximate surface area is 130 Å². The van der Waals surface area contributed by atoms with Gasteiger partial charge in [-0.2, -0.15) is 0 Å². The molecule has 3 rings (SSSR count). The maximum Gasteiger partial charge on any atom is 0.330 e. The largest absolute Gasteiger partial charge is 0.394 e. The molecule has 0 amide bonds. The van der Waals surface area contributed by atoms with E-state index < -0.39 is 23.6 Å². The van der Waals surface area contributed by atoms with Crippen molar-refractivity contribution in [3.8, 4) is 0 Å². The number of aliphatic hydroxyl groups excluding tert-OH is 2. The Morgan fingerprint density at radius 3 is 2.83 bits per heavy atom. The van der Waals surface area contributed by atoms with E-state index in [9.17, 15) is 14.7 Å². The minimum atomic E-state index is -0.637. The Morgan fingerprint density at radius 2 is 2.17 bits per heavy atom. The van der Waals surface area contributed by atoms with E-state index in [0.29, 0.717) is 17.7 Å². The maximum absolute atomic E-state index is 12.0. The third-order valence-corrected chi connectivity index (χ3v) is 3.90. The molecule has 10 heteroatoms. The second kappa shape index (κ2) is 6.07. The van der Waals surface area contributed by atoms with E-state index >= 15 is 0 Å². The summed E-state index contributed by atoms with van der Waals surface area (Å²) >= 11 is 0. The van der Waals surface area contributed by atoms with Crippen molar-refractivity contribution in [1.29, 1.82) is 0 Å². The molecule has 1 fully saturated rings. The van der Waals surface area contributed by atoms with Gasteiger partial charge in [-0.15, -0.1) is 5.10 Å². The molecule has 0 spiro atoms. The van der Waals surface area contributed by atoms with E-state index in [1.54, 1.807) is 13.1 Å². The fourth-order valence-electron chi connectivity index (χ4n) is 2.68. The summed E-state index contributed by atoms with van der Waals surface area (Å²) in [4.78, 5) is 25.6. The smallest absolute Gasteiger partial charge is 0.330 e. The predicted molar refractivity (Wildman–Crippen MR) is 76.7 cm³/mol. The molecule has 3 N–H and O–H groups in total. The fraction of sp³-hybridized carbons (Fsp3) is 0.538. The zero-order valence-corrected chi connectivity index (χ0v) is 12.4. The first-order valence-corrected chi connectivity index (χ1v) is 7.13. The summed E-state index contributed by atoms with van der Waals surface area (Å²) in [6.45, 7) is 1.10. The zero-order chi connectivity index (χ0) is 16.6. The highest BCUT2D eigenvalue weighted by atomic mass is 16.5. The van der Waals surface area contributed by atoms with Gasteiger partial charge in [0.1, 0.15) is 18.0 Å². The molecule has 3 atom stereocenters. The van der Waals surface area contributed by atoms with Crippen LogP contribution in [-0.4, -0.2) is 47.5 Å². The normalized spacial score (nSPS) is 24.2. The minimum absolute atomic E-state index is 0.237. The van der Waals surface area contributed by atoms with Crippen LogP contribution in [0.5, 0.6) is 0 Å². The average Bonchev–Trinajstić information content (AvgIpc) is 3.16. The van der Waals surface area contributed by atoms with Crippen molar-refractivity contribution in [1.82, 2.24) is 24.5 Å². The molecule has 1 aliphatic heterocycles. The molecule has 2 aromatic heterocycles. The third kappa shape index (κ3) is 2.83. The topological polar surface area (TPSA) is 135 Å². The van der Waals surface area contributed by atoms with Crippen LogP contribution < -0.4 is 11.2 Å². The third-order valence-electron chi connectivity index (χ3n) is 3.90. The van der Waals surface area contributed by atoms with E-state index in [1.807, 2.05) is 0 Å². The van der Waals surface area contributed by atoms with Crippen molar-refractivity contribution in [2.24, 2.45) is 0 Å². The Balaban J connectivity index is 1.91. The Kier molecular flexibility index (Phi) is 4.11. The van der Waals surface area contributed by atoms with E-state index in [-0.39, 0.29) is 19.3 Å². The molecule has 10 nitrogen and oxygen atoms in total. The van der Waals surface area contributed by atoms with Gasteiger partial charge in [0.2, 0.25) is 0 Å². The number of hydrogen-bond acceptors (Lipinski definition) is 7. The molecule has 23 heavy (non-hydrogen) atoms. The molecule has 0 saturated carbocycles. The Bertz CT molecular complexity index is 810. The van der Waals surface area contributed by atoms with Gasteiger partial charge in [-0.25, -0.2) is 9.48 Å². The summed E-state index contributed by atoms with van der Waals surface area (Å²) in [6, 6.07) is -0.336. The summed E-state index contributed by atoms with van der Waals surface area (Å²) in [6.07, 6.45) is 2.16. The number of rotatable bonds is 4. The number of aryl methyl sites for hydroxylation is 1. The molecule has 1 saturated heterocycles. The van der Waals surface area contributed by atoms with Crippen molar-refractivity contribution in [3.63, 3.8) is 0 Å². The highest BCUT2D eigenvalue weighted by Crippen LogP contribution is 2.35. The second-order valence-electron chi connectivity index (χ2n) is 5.44. The van der Waals surface area contributed by atoms with Crippen LogP contribution in [0.4, 0.5) is 0 Å². The maximum atomic E-state index is 12.0. The van der Waals surface area contributed by atoms with Gasteiger partial charge in [0.15, 0.2) is 0 Å². The van der Waals surface area contributed by atoms with E-state index in [4.69, 9.17) is 9.84 Å². The summed E-state index contributed by atoms with van der Waals surface area (Å²) in [5.74, 6) is 0. The lowest BCUT2D eigenvalue weighted by Crippen LogP contribution is -2.33. The lowest BCUT2D eigenvalue weighted by Gasteiger charge is -2.15.